The number of sulfonamides is 1. The van der Waals surface area contributed by atoms with E-state index in [4.69, 9.17) is 0 Å². The largest absolute Gasteiger partial charge is 0.342 e. The molecule has 1 heterocycles. The maximum atomic E-state index is 12.5. The van der Waals surface area contributed by atoms with Crippen LogP contribution in [0, 0.1) is 5.92 Å². The van der Waals surface area contributed by atoms with Crippen molar-refractivity contribution in [2.45, 2.75) is 39.0 Å². The van der Waals surface area contributed by atoms with Crippen molar-refractivity contribution in [3.05, 3.63) is 35.9 Å². The van der Waals surface area contributed by atoms with Gasteiger partial charge in [-0.2, -0.15) is 4.31 Å². The highest BCUT2D eigenvalue weighted by atomic mass is 32.2. The van der Waals surface area contributed by atoms with Crippen molar-refractivity contribution in [2.75, 3.05) is 32.4 Å². The SMILES string of the molecule is CCCCN(CC(=O)N1CCC(Cc2ccccc2)CC1)S(C)(=O)=O. The summed E-state index contributed by atoms with van der Waals surface area (Å²) in [6, 6.07) is 10.4. The lowest BCUT2D eigenvalue weighted by atomic mass is 9.90. The summed E-state index contributed by atoms with van der Waals surface area (Å²) < 4.78 is 25.0. The van der Waals surface area contributed by atoms with Crippen molar-refractivity contribution >= 4 is 15.9 Å². The van der Waals surface area contributed by atoms with E-state index < -0.39 is 10.0 Å². The van der Waals surface area contributed by atoms with Gasteiger partial charge in [0, 0.05) is 19.6 Å². The van der Waals surface area contributed by atoms with Crippen LogP contribution in [0.25, 0.3) is 0 Å². The summed E-state index contributed by atoms with van der Waals surface area (Å²) in [5, 5.41) is 0. The number of hydrogen-bond donors (Lipinski definition) is 0. The molecule has 0 N–H and O–H groups in total. The van der Waals surface area contributed by atoms with Crippen molar-refractivity contribution in [3.63, 3.8) is 0 Å². The highest BCUT2D eigenvalue weighted by molar-refractivity contribution is 7.88. The van der Waals surface area contributed by atoms with E-state index >= 15 is 0 Å². The molecule has 0 aliphatic carbocycles. The molecule has 1 amide bonds. The number of carbonyl (C=O) groups is 1. The summed E-state index contributed by atoms with van der Waals surface area (Å²) in [4.78, 5) is 14.3. The van der Waals surface area contributed by atoms with E-state index in [0.29, 0.717) is 12.5 Å². The van der Waals surface area contributed by atoms with Gasteiger partial charge < -0.3 is 4.90 Å². The highest BCUT2D eigenvalue weighted by Crippen LogP contribution is 2.22. The van der Waals surface area contributed by atoms with E-state index in [2.05, 4.69) is 24.3 Å². The Labute approximate surface area is 152 Å². The van der Waals surface area contributed by atoms with Crippen molar-refractivity contribution in [1.82, 2.24) is 9.21 Å². The van der Waals surface area contributed by atoms with Crippen LogP contribution >= 0.6 is 0 Å². The molecular weight excluding hydrogens is 336 g/mol. The third-order valence-corrected chi connectivity index (χ3v) is 6.13. The molecule has 1 aromatic rings. The Balaban J connectivity index is 1.83. The Bertz CT molecular complexity index is 638. The third kappa shape index (κ3) is 6.44. The van der Waals surface area contributed by atoms with Gasteiger partial charge in [0.05, 0.1) is 12.8 Å². The summed E-state index contributed by atoms with van der Waals surface area (Å²) in [5.74, 6) is 0.525. The highest BCUT2D eigenvalue weighted by Gasteiger charge is 2.26. The van der Waals surface area contributed by atoms with Crippen LogP contribution in [0.3, 0.4) is 0 Å². The molecule has 2 rings (SSSR count). The number of carbonyl (C=O) groups excluding carboxylic acids is 1. The summed E-state index contributed by atoms with van der Waals surface area (Å²) in [5.41, 5.74) is 1.34. The summed E-state index contributed by atoms with van der Waals surface area (Å²) in [6.07, 6.45) is 5.88. The molecule has 5 nitrogen and oxygen atoms in total. The predicted molar refractivity (Wildman–Crippen MR) is 101 cm³/mol. The van der Waals surface area contributed by atoms with Crippen LogP contribution in [0.15, 0.2) is 30.3 Å². The average Bonchev–Trinajstić information content (AvgIpc) is 2.59. The van der Waals surface area contributed by atoms with E-state index in [1.54, 1.807) is 0 Å². The van der Waals surface area contributed by atoms with Gasteiger partial charge in [-0.05, 0) is 37.2 Å². The second kappa shape index (κ2) is 9.34. The van der Waals surface area contributed by atoms with Gasteiger partial charge >= 0.3 is 0 Å². The minimum absolute atomic E-state index is 0.0256. The number of benzene rings is 1. The molecule has 1 aliphatic heterocycles. The van der Waals surface area contributed by atoms with Crippen molar-refractivity contribution in [2.24, 2.45) is 5.92 Å². The number of rotatable bonds is 8. The van der Waals surface area contributed by atoms with Gasteiger partial charge in [-0.3, -0.25) is 4.79 Å². The van der Waals surface area contributed by atoms with Gasteiger partial charge in [-0.15, -0.1) is 0 Å². The number of piperidine rings is 1. The van der Waals surface area contributed by atoms with Crippen LogP contribution in [0.1, 0.15) is 38.2 Å². The molecule has 0 radical (unpaired) electrons. The monoisotopic (exact) mass is 366 g/mol. The first-order valence-electron chi connectivity index (χ1n) is 9.17. The molecule has 6 heteroatoms. The van der Waals surface area contributed by atoms with Crippen molar-refractivity contribution in [1.29, 1.82) is 0 Å². The minimum Gasteiger partial charge on any atom is -0.342 e. The van der Waals surface area contributed by atoms with Crippen LogP contribution in [0.4, 0.5) is 0 Å². The second-order valence-electron chi connectivity index (χ2n) is 6.96. The topological polar surface area (TPSA) is 57.7 Å². The number of hydrogen-bond acceptors (Lipinski definition) is 3. The van der Waals surface area contributed by atoms with Gasteiger partial charge in [0.2, 0.25) is 15.9 Å². The van der Waals surface area contributed by atoms with Crippen molar-refractivity contribution in [3.8, 4) is 0 Å². The summed E-state index contributed by atoms with van der Waals surface area (Å²) in [6.45, 7) is 3.86. The Hall–Kier alpha value is -1.40. The first-order chi connectivity index (χ1) is 11.9. The zero-order valence-corrected chi connectivity index (χ0v) is 16.2. The lowest BCUT2D eigenvalue weighted by Crippen LogP contribution is -2.46. The predicted octanol–water partition coefficient (Wildman–Crippen LogP) is 2.53. The average molecular weight is 367 g/mol. The van der Waals surface area contributed by atoms with Crippen molar-refractivity contribution < 1.29 is 13.2 Å². The molecule has 1 aliphatic rings. The molecule has 0 unspecified atom stereocenters. The Morgan fingerprint density at radius 3 is 2.40 bits per heavy atom. The van der Waals surface area contributed by atoms with Crippen LogP contribution in [0.2, 0.25) is 0 Å². The van der Waals surface area contributed by atoms with Gasteiger partial charge in [-0.25, -0.2) is 8.42 Å². The first-order valence-corrected chi connectivity index (χ1v) is 11.0. The van der Waals surface area contributed by atoms with Crippen LogP contribution in [0.5, 0.6) is 0 Å². The van der Waals surface area contributed by atoms with Crippen LogP contribution < -0.4 is 0 Å². The maximum Gasteiger partial charge on any atom is 0.237 e. The maximum absolute atomic E-state index is 12.5. The first kappa shape index (κ1) is 19.9. The molecule has 1 aromatic carbocycles. The fourth-order valence-corrected chi connectivity index (χ4v) is 4.09. The molecule has 0 spiro atoms. The normalized spacial score (nSPS) is 16.4. The molecule has 0 saturated carbocycles. The van der Waals surface area contributed by atoms with E-state index in [1.165, 1.54) is 16.1 Å². The summed E-state index contributed by atoms with van der Waals surface area (Å²) in [7, 11) is -3.34. The molecule has 140 valence electrons. The Morgan fingerprint density at radius 1 is 1.20 bits per heavy atom. The molecular formula is C19H30N2O3S. The molecule has 25 heavy (non-hydrogen) atoms. The van der Waals surface area contributed by atoms with Gasteiger partial charge in [-0.1, -0.05) is 43.7 Å². The van der Waals surface area contributed by atoms with Gasteiger partial charge in [0.25, 0.3) is 0 Å². The number of amides is 1. The molecule has 0 atom stereocenters. The number of unbranched alkanes of at least 4 members (excludes halogenated alkanes) is 1. The Morgan fingerprint density at radius 2 is 1.84 bits per heavy atom. The molecule has 0 aromatic heterocycles. The fraction of sp³-hybridized carbons (Fsp3) is 0.632. The quantitative estimate of drug-likeness (QED) is 0.710. The molecule has 0 bridgehead atoms. The van der Waals surface area contributed by atoms with Crippen LogP contribution in [-0.2, 0) is 21.2 Å². The second-order valence-corrected chi connectivity index (χ2v) is 8.95. The Kier molecular flexibility index (Phi) is 7.44. The number of nitrogens with zero attached hydrogens (tertiary/aromatic N) is 2. The van der Waals surface area contributed by atoms with E-state index in [0.717, 1.165) is 45.2 Å². The fourth-order valence-electron chi connectivity index (χ4n) is 3.28. The van der Waals surface area contributed by atoms with Gasteiger partial charge in [0.1, 0.15) is 0 Å². The van der Waals surface area contributed by atoms with E-state index in [-0.39, 0.29) is 12.5 Å². The smallest absolute Gasteiger partial charge is 0.237 e. The van der Waals surface area contributed by atoms with Crippen LogP contribution in [-0.4, -0.2) is 56.0 Å². The van der Waals surface area contributed by atoms with E-state index in [1.807, 2.05) is 17.9 Å². The standard InChI is InChI=1S/C19H30N2O3S/c1-3-4-12-21(25(2,23)24)16-19(22)20-13-10-18(11-14-20)15-17-8-6-5-7-9-17/h5-9,18H,3-4,10-16H2,1-2H3. The molecule has 1 fully saturated rings. The zero-order valence-electron chi connectivity index (χ0n) is 15.4. The zero-order chi connectivity index (χ0) is 18.3. The number of likely N-dealkylation sites (tertiary alicyclic amines) is 1. The lowest BCUT2D eigenvalue weighted by molar-refractivity contribution is -0.132. The summed E-state index contributed by atoms with van der Waals surface area (Å²) >= 11 is 0. The third-order valence-electron chi connectivity index (χ3n) is 4.88. The minimum atomic E-state index is -3.34. The lowest BCUT2D eigenvalue weighted by Gasteiger charge is -2.33. The molecule has 1 saturated heterocycles. The van der Waals surface area contributed by atoms with Gasteiger partial charge in [0.15, 0.2) is 0 Å². The van der Waals surface area contributed by atoms with E-state index in [9.17, 15) is 13.2 Å².